The number of carboxylic acids is 1. The highest BCUT2D eigenvalue weighted by Crippen LogP contribution is 2.30. The van der Waals surface area contributed by atoms with E-state index in [1.165, 1.54) is 22.9 Å². The Morgan fingerprint density at radius 2 is 1.90 bits per heavy atom. The van der Waals surface area contributed by atoms with Gasteiger partial charge < -0.3 is 10.4 Å². The molecule has 21 heavy (non-hydrogen) atoms. The molecule has 1 unspecified atom stereocenters. The number of aromatic carboxylic acids is 1. The normalized spacial score (nSPS) is 12.0. The van der Waals surface area contributed by atoms with Crippen LogP contribution in [-0.4, -0.2) is 17.3 Å². The number of hydrogen-bond donors (Lipinski definition) is 2. The molecule has 0 aliphatic rings. The summed E-state index contributed by atoms with van der Waals surface area (Å²) in [4.78, 5) is 12.3. The molecule has 0 spiro atoms. The van der Waals surface area contributed by atoms with E-state index in [-0.39, 0.29) is 6.04 Å². The molecule has 0 fully saturated rings. The third-order valence-electron chi connectivity index (χ3n) is 3.49. The van der Waals surface area contributed by atoms with Crippen LogP contribution in [-0.2, 0) is 0 Å². The Morgan fingerprint density at radius 1 is 1.19 bits per heavy atom. The maximum absolute atomic E-state index is 11.5. The van der Waals surface area contributed by atoms with Crippen molar-refractivity contribution in [3.05, 3.63) is 59.2 Å². The van der Waals surface area contributed by atoms with Gasteiger partial charge in [0.15, 0.2) is 0 Å². The molecule has 0 radical (unpaired) electrons. The molecule has 2 rings (SSSR count). The van der Waals surface area contributed by atoms with E-state index in [4.69, 9.17) is 0 Å². The van der Waals surface area contributed by atoms with Gasteiger partial charge in [0, 0.05) is 10.9 Å². The van der Waals surface area contributed by atoms with Crippen molar-refractivity contribution in [2.24, 2.45) is 0 Å². The molecule has 2 aromatic carbocycles. The first-order valence-electron chi connectivity index (χ1n) is 6.77. The van der Waals surface area contributed by atoms with Crippen molar-refractivity contribution in [3.63, 3.8) is 0 Å². The van der Waals surface area contributed by atoms with Crippen molar-refractivity contribution in [1.29, 1.82) is 0 Å². The molecule has 0 heterocycles. The second-order valence-corrected chi connectivity index (χ2v) is 5.76. The van der Waals surface area contributed by atoms with E-state index in [1.54, 1.807) is 0 Å². The van der Waals surface area contributed by atoms with E-state index in [0.29, 0.717) is 11.3 Å². The number of carboxylic acid groups (broad SMARTS) is 1. The highest BCUT2D eigenvalue weighted by atomic mass is 32.2. The number of rotatable bonds is 5. The van der Waals surface area contributed by atoms with Crippen LogP contribution in [0.4, 0.5) is 5.69 Å². The van der Waals surface area contributed by atoms with Gasteiger partial charge in [-0.15, -0.1) is 11.8 Å². The first-order chi connectivity index (χ1) is 10.0. The summed E-state index contributed by atoms with van der Waals surface area (Å²) >= 11 is 1.44. The molecule has 2 aromatic rings. The highest BCUT2D eigenvalue weighted by Gasteiger charge is 2.17. The fourth-order valence-corrected chi connectivity index (χ4v) is 3.04. The largest absolute Gasteiger partial charge is 0.478 e. The van der Waals surface area contributed by atoms with Crippen LogP contribution in [0.25, 0.3) is 0 Å². The number of benzene rings is 2. The van der Waals surface area contributed by atoms with Gasteiger partial charge in [-0.1, -0.05) is 30.3 Å². The van der Waals surface area contributed by atoms with Crippen LogP contribution in [0, 0.1) is 6.92 Å². The fourth-order valence-electron chi connectivity index (χ4n) is 2.43. The first kappa shape index (κ1) is 15.4. The van der Waals surface area contributed by atoms with Gasteiger partial charge in [-0.05, 0) is 43.4 Å². The lowest BCUT2D eigenvalue weighted by atomic mass is 10.0. The minimum Gasteiger partial charge on any atom is -0.478 e. The van der Waals surface area contributed by atoms with Crippen molar-refractivity contribution >= 4 is 23.4 Å². The molecule has 2 N–H and O–H groups in total. The van der Waals surface area contributed by atoms with Gasteiger partial charge in [0.2, 0.25) is 0 Å². The third-order valence-corrected chi connectivity index (χ3v) is 4.27. The highest BCUT2D eigenvalue weighted by molar-refractivity contribution is 7.98. The van der Waals surface area contributed by atoms with E-state index in [9.17, 15) is 9.90 Å². The number of hydrogen-bond acceptors (Lipinski definition) is 3. The van der Waals surface area contributed by atoms with Gasteiger partial charge in [0.25, 0.3) is 0 Å². The summed E-state index contributed by atoms with van der Waals surface area (Å²) in [6, 6.07) is 13.7. The third kappa shape index (κ3) is 3.39. The topological polar surface area (TPSA) is 49.3 Å². The molecule has 110 valence electrons. The van der Waals surface area contributed by atoms with Crippen LogP contribution < -0.4 is 5.32 Å². The van der Waals surface area contributed by atoms with Crippen LogP contribution in [0.5, 0.6) is 0 Å². The molecule has 1 atom stereocenters. The van der Waals surface area contributed by atoms with E-state index in [0.717, 1.165) is 4.90 Å². The Kier molecular flexibility index (Phi) is 4.91. The minimum atomic E-state index is -0.903. The fraction of sp³-hybridized carbons (Fsp3) is 0.235. The van der Waals surface area contributed by atoms with Crippen molar-refractivity contribution < 1.29 is 9.90 Å². The molecule has 0 bridgehead atoms. The zero-order valence-electron chi connectivity index (χ0n) is 12.4. The molecule has 4 heteroatoms. The standard InChI is InChI=1S/C17H19NO2S/c1-11-7-4-5-8-13(11)12(2)18-14-9-6-10-15(21-3)16(14)17(19)20/h4-10,12,18H,1-3H3,(H,19,20). The van der Waals surface area contributed by atoms with Gasteiger partial charge in [-0.2, -0.15) is 0 Å². The molecule has 3 nitrogen and oxygen atoms in total. The Morgan fingerprint density at radius 3 is 2.52 bits per heavy atom. The van der Waals surface area contributed by atoms with Crippen molar-refractivity contribution in [2.45, 2.75) is 24.8 Å². The van der Waals surface area contributed by atoms with Crippen LogP contribution in [0.1, 0.15) is 34.5 Å². The van der Waals surface area contributed by atoms with E-state index < -0.39 is 5.97 Å². The summed E-state index contributed by atoms with van der Waals surface area (Å²) in [6.45, 7) is 4.10. The molecule has 0 saturated heterocycles. The van der Waals surface area contributed by atoms with Gasteiger partial charge in [-0.3, -0.25) is 0 Å². The second kappa shape index (κ2) is 6.68. The molecule has 0 aromatic heterocycles. The maximum Gasteiger partial charge on any atom is 0.338 e. The van der Waals surface area contributed by atoms with Crippen molar-refractivity contribution in [1.82, 2.24) is 0 Å². The second-order valence-electron chi connectivity index (χ2n) is 4.91. The zero-order valence-corrected chi connectivity index (χ0v) is 13.2. The monoisotopic (exact) mass is 301 g/mol. The predicted molar refractivity (Wildman–Crippen MR) is 88.4 cm³/mol. The summed E-state index contributed by atoms with van der Waals surface area (Å²) in [5.74, 6) is -0.903. The van der Waals surface area contributed by atoms with Gasteiger partial charge in [-0.25, -0.2) is 4.79 Å². The Hall–Kier alpha value is -1.94. The number of carbonyl (C=O) groups is 1. The van der Waals surface area contributed by atoms with Crippen LogP contribution in [0.2, 0.25) is 0 Å². The van der Waals surface area contributed by atoms with Crippen molar-refractivity contribution in [2.75, 3.05) is 11.6 Å². The SMILES string of the molecule is CSc1cccc(NC(C)c2ccccc2C)c1C(=O)O. The number of nitrogens with one attached hydrogen (secondary N) is 1. The van der Waals surface area contributed by atoms with Gasteiger partial charge in [0.1, 0.15) is 0 Å². The molecule has 0 saturated carbocycles. The molecule has 0 aliphatic carbocycles. The summed E-state index contributed by atoms with van der Waals surface area (Å²) in [5, 5.41) is 12.8. The molecule has 0 aliphatic heterocycles. The van der Waals surface area contributed by atoms with Crippen molar-refractivity contribution in [3.8, 4) is 0 Å². The van der Waals surface area contributed by atoms with E-state index >= 15 is 0 Å². The summed E-state index contributed by atoms with van der Waals surface area (Å²) in [7, 11) is 0. The average molecular weight is 301 g/mol. The Labute approximate surface area is 129 Å². The average Bonchev–Trinajstić information content (AvgIpc) is 2.46. The zero-order chi connectivity index (χ0) is 15.4. The first-order valence-corrected chi connectivity index (χ1v) is 7.99. The predicted octanol–water partition coefficient (Wildman–Crippen LogP) is 4.59. The lowest BCUT2D eigenvalue weighted by Gasteiger charge is -2.20. The maximum atomic E-state index is 11.5. The molecule has 0 amide bonds. The number of anilines is 1. The summed E-state index contributed by atoms with van der Waals surface area (Å²) < 4.78 is 0. The minimum absolute atomic E-state index is 0.0430. The Balaban J connectivity index is 2.36. The van der Waals surface area contributed by atoms with Gasteiger partial charge in [0.05, 0.1) is 11.3 Å². The molecular formula is C17H19NO2S. The smallest absolute Gasteiger partial charge is 0.338 e. The molecular weight excluding hydrogens is 282 g/mol. The van der Waals surface area contributed by atoms with E-state index in [2.05, 4.69) is 24.4 Å². The number of aryl methyl sites for hydroxylation is 1. The lowest BCUT2D eigenvalue weighted by molar-refractivity contribution is 0.0694. The van der Waals surface area contributed by atoms with Crippen LogP contribution in [0.3, 0.4) is 0 Å². The Bertz CT molecular complexity index is 655. The van der Waals surface area contributed by atoms with E-state index in [1.807, 2.05) is 43.5 Å². The summed E-state index contributed by atoms with van der Waals surface area (Å²) in [6.07, 6.45) is 1.89. The quantitative estimate of drug-likeness (QED) is 0.793. The summed E-state index contributed by atoms with van der Waals surface area (Å²) in [5.41, 5.74) is 3.36. The van der Waals surface area contributed by atoms with Gasteiger partial charge >= 0.3 is 5.97 Å². The van der Waals surface area contributed by atoms with Crippen LogP contribution in [0.15, 0.2) is 47.4 Å². The lowest BCUT2D eigenvalue weighted by Crippen LogP contribution is -2.12. The van der Waals surface area contributed by atoms with Crippen LogP contribution >= 0.6 is 11.8 Å². The number of thioether (sulfide) groups is 1.